The fourth-order valence-corrected chi connectivity index (χ4v) is 2.50. The molecule has 1 amide bonds. The molecule has 104 valence electrons. The number of amides is 1. The zero-order chi connectivity index (χ0) is 14.6. The lowest BCUT2D eigenvalue weighted by molar-refractivity contribution is 0.0754. The highest BCUT2D eigenvalue weighted by atomic mass is 79.9. The Balaban J connectivity index is 2.92. The zero-order valence-electron chi connectivity index (χ0n) is 11.4. The van der Waals surface area contributed by atoms with Crippen molar-refractivity contribution in [3.05, 3.63) is 33.8 Å². The van der Waals surface area contributed by atoms with Crippen molar-refractivity contribution >= 4 is 39.0 Å². The van der Waals surface area contributed by atoms with Crippen molar-refractivity contribution in [2.75, 3.05) is 13.1 Å². The normalized spacial score (nSPS) is 12.0. The third-order valence-electron chi connectivity index (χ3n) is 2.94. The molecule has 1 atom stereocenters. The highest BCUT2D eigenvalue weighted by Crippen LogP contribution is 2.17. The number of aryl methyl sites for hydroxylation is 1. The smallest absolute Gasteiger partial charge is 0.253 e. The van der Waals surface area contributed by atoms with E-state index in [-0.39, 0.29) is 11.8 Å². The number of nitrogens with two attached hydrogens (primary N) is 1. The molecule has 0 fully saturated rings. The standard InChI is InChI=1S/C14H19BrN2OS/c1-4-17(8-10(3)13(16)19)14(18)11-5-9(2)6-12(15)7-11/h5-7,10H,4,8H2,1-3H3,(H2,16,19). The SMILES string of the molecule is CCN(CC(C)C(N)=S)C(=O)c1cc(C)cc(Br)c1. The molecule has 0 saturated heterocycles. The molecule has 5 heteroatoms. The number of hydrogen-bond acceptors (Lipinski definition) is 2. The summed E-state index contributed by atoms with van der Waals surface area (Å²) in [7, 11) is 0. The molecule has 0 saturated carbocycles. The second-order valence-corrected chi connectivity index (χ2v) is 6.05. The third kappa shape index (κ3) is 4.58. The Kier molecular flexibility index (Phi) is 5.94. The molecular formula is C14H19BrN2OS. The summed E-state index contributed by atoms with van der Waals surface area (Å²) < 4.78 is 0.911. The van der Waals surface area contributed by atoms with Gasteiger partial charge in [-0.1, -0.05) is 35.1 Å². The molecule has 0 radical (unpaired) electrons. The van der Waals surface area contributed by atoms with E-state index in [0.717, 1.165) is 10.0 Å². The van der Waals surface area contributed by atoms with E-state index in [1.165, 1.54) is 0 Å². The van der Waals surface area contributed by atoms with Crippen molar-refractivity contribution in [2.24, 2.45) is 11.7 Å². The number of halogens is 1. The highest BCUT2D eigenvalue weighted by molar-refractivity contribution is 9.10. The predicted octanol–water partition coefficient (Wildman–Crippen LogP) is 3.14. The van der Waals surface area contributed by atoms with Gasteiger partial charge in [-0.25, -0.2) is 0 Å². The van der Waals surface area contributed by atoms with E-state index in [9.17, 15) is 4.79 Å². The van der Waals surface area contributed by atoms with Crippen LogP contribution < -0.4 is 5.73 Å². The second-order valence-electron chi connectivity index (χ2n) is 4.66. The lowest BCUT2D eigenvalue weighted by atomic mass is 10.1. The highest BCUT2D eigenvalue weighted by Gasteiger charge is 2.18. The van der Waals surface area contributed by atoms with E-state index in [2.05, 4.69) is 15.9 Å². The van der Waals surface area contributed by atoms with Gasteiger partial charge in [-0.15, -0.1) is 0 Å². The molecule has 1 rings (SSSR count). The van der Waals surface area contributed by atoms with Crippen molar-refractivity contribution in [2.45, 2.75) is 20.8 Å². The van der Waals surface area contributed by atoms with Crippen LogP contribution in [-0.4, -0.2) is 28.9 Å². The lowest BCUT2D eigenvalue weighted by Crippen LogP contribution is -2.38. The first-order valence-corrected chi connectivity index (χ1v) is 7.41. The first-order chi connectivity index (χ1) is 8.85. The monoisotopic (exact) mass is 342 g/mol. The number of benzene rings is 1. The van der Waals surface area contributed by atoms with E-state index in [0.29, 0.717) is 23.6 Å². The molecule has 2 N–H and O–H groups in total. The maximum absolute atomic E-state index is 12.5. The van der Waals surface area contributed by atoms with Crippen molar-refractivity contribution in [3.8, 4) is 0 Å². The summed E-state index contributed by atoms with van der Waals surface area (Å²) in [5, 5.41) is 0. The first kappa shape index (κ1) is 16.1. The Bertz CT molecular complexity index is 470. The van der Waals surface area contributed by atoms with Crippen molar-refractivity contribution in [1.82, 2.24) is 4.90 Å². The molecular weight excluding hydrogens is 324 g/mol. The Labute approximate surface area is 128 Å². The minimum Gasteiger partial charge on any atom is -0.393 e. The summed E-state index contributed by atoms with van der Waals surface area (Å²) in [5.41, 5.74) is 7.35. The van der Waals surface area contributed by atoms with E-state index < -0.39 is 0 Å². The van der Waals surface area contributed by atoms with Crippen LogP contribution in [0.4, 0.5) is 0 Å². The van der Waals surface area contributed by atoms with Crippen LogP contribution in [0.3, 0.4) is 0 Å². The number of hydrogen-bond donors (Lipinski definition) is 1. The van der Waals surface area contributed by atoms with Crippen LogP contribution in [-0.2, 0) is 0 Å². The molecule has 0 aliphatic carbocycles. The summed E-state index contributed by atoms with van der Waals surface area (Å²) in [6.07, 6.45) is 0. The van der Waals surface area contributed by atoms with Crippen molar-refractivity contribution in [1.29, 1.82) is 0 Å². The number of nitrogens with zero attached hydrogens (tertiary/aromatic N) is 1. The molecule has 3 nitrogen and oxygen atoms in total. The Hall–Kier alpha value is -0.940. The van der Waals surface area contributed by atoms with Gasteiger partial charge in [0.25, 0.3) is 5.91 Å². The summed E-state index contributed by atoms with van der Waals surface area (Å²) in [6, 6.07) is 5.70. The summed E-state index contributed by atoms with van der Waals surface area (Å²) in [5.74, 6) is 0.0298. The number of rotatable bonds is 5. The molecule has 1 aromatic rings. The largest absolute Gasteiger partial charge is 0.393 e. The predicted molar refractivity (Wildman–Crippen MR) is 86.4 cm³/mol. The minimum atomic E-state index is 0.00926. The second kappa shape index (κ2) is 7.01. The molecule has 0 heterocycles. The van der Waals surface area contributed by atoms with E-state index in [1.807, 2.05) is 39.0 Å². The van der Waals surface area contributed by atoms with Gasteiger partial charge in [-0.3, -0.25) is 4.79 Å². The molecule has 0 spiro atoms. The lowest BCUT2D eigenvalue weighted by Gasteiger charge is -2.24. The Morgan fingerprint density at radius 1 is 1.47 bits per heavy atom. The van der Waals surface area contributed by atoms with Gasteiger partial charge in [0.05, 0.1) is 4.99 Å². The maximum atomic E-state index is 12.5. The average molecular weight is 343 g/mol. The van der Waals surface area contributed by atoms with Gasteiger partial charge in [0.2, 0.25) is 0 Å². The van der Waals surface area contributed by atoms with Crippen LogP contribution in [0.25, 0.3) is 0 Å². The average Bonchev–Trinajstić information content (AvgIpc) is 2.33. The van der Waals surface area contributed by atoms with Crippen LogP contribution in [0.1, 0.15) is 29.8 Å². The molecule has 0 aromatic heterocycles. The van der Waals surface area contributed by atoms with Crippen LogP contribution in [0.15, 0.2) is 22.7 Å². The van der Waals surface area contributed by atoms with Gasteiger partial charge in [0.1, 0.15) is 0 Å². The Morgan fingerprint density at radius 3 is 2.58 bits per heavy atom. The molecule has 0 aliphatic heterocycles. The van der Waals surface area contributed by atoms with Crippen LogP contribution in [0.2, 0.25) is 0 Å². The van der Waals surface area contributed by atoms with Gasteiger partial charge in [-0.05, 0) is 37.6 Å². The van der Waals surface area contributed by atoms with Crippen LogP contribution in [0, 0.1) is 12.8 Å². The van der Waals surface area contributed by atoms with Crippen LogP contribution >= 0.6 is 28.1 Å². The quantitative estimate of drug-likeness (QED) is 0.836. The van der Waals surface area contributed by atoms with Gasteiger partial charge in [0, 0.05) is 29.0 Å². The van der Waals surface area contributed by atoms with Crippen LogP contribution in [0.5, 0.6) is 0 Å². The number of carbonyl (C=O) groups excluding carboxylic acids is 1. The summed E-state index contributed by atoms with van der Waals surface area (Å²) >= 11 is 8.38. The van der Waals surface area contributed by atoms with E-state index >= 15 is 0 Å². The number of thiocarbonyl (C=S) groups is 1. The summed E-state index contributed by atoms with van der Waals surface area (Å²) in [6.45, 7) is 7.04. The molecule has 1 unspecified atom stereocenters. The maximum Gasteiger partial charge on any atom is 0.253 e. The molecule has 0 aliphatic rings. The van der Waals surface area contributed by atoms with Crippen molar-refractivity contribution < 1.29 is 4.79 Å². The fraction of sp³-hybridized carbons (Fsp3) is 0.429. The van der Waals surface area contributed by atoms with Gasteiger partial charge >= 0.3 is 0 Å². The molecule has 0 bridgehead atoms. The Morgan fingerprint density at radius 2 is 2.11 bits per heavy atom. The van der Waals surface area contributed by atoms with E-state index in [4.69, 9.17) is 18.0 Å². The summed E-state index contributed by atoms with van der Waals surface area (Å²) in [4.78, 5) is 14.7. The van der Waals surface area contributed by atoms with Gasteiger partial charge in [0.15, 0.2) is 0 Å². The fourth-order valence-electron chi connectivity index (χ4n) is 1.82. The third-order valence-corrected chi connectivity index (χ3v) is 3.80. The first-order valence-electron chi connectivity index (χ1n) is 6.21. The zero-order valence-corrected chi connectivity index (χ0v) is 13.8. The van der Waals surface area contributed by atoms with Gasteiger partial charge < -0.3 is 10.6 Å². The molecule has 19 heavy (non-hydrogen) atoms. The van der Waals surface area contributed by atoms with Crippen molar-refractivity contribution in [3.63, 3.8) is 0 Å². The minimum absolute atomic E-state index is 0.00926. The van der Waals surface area contributed by atoms with Gasteiger partial charge in [-0.2, -0.15) is 0 Å². The van der Waals surface area contributed by atoms with E-state index in [1.54, 1.807) is 4.90 Å². The molecule has 1 aromatic carbocycles. The topological polar surface area (TPSA) is 46.3 Å². The number of carbonyl (C=O) groups is 1.